The second-order valence-electron chi connectivity index (χ2n) is 9.34. The van der Waals surface area contributed by atoms with Crippen molar-refractivity contribution in [2.24, 2.45) is 0 Å². The number of likely N-dealkylation sites (N-methyl/N-ethyl adjacent to an activating group) is 1. The minimum atomic E-state index is -0.422. The minimum absolute atomic E-state index is 0.143. The summed E-state index contributed by atoms with van der Waals surface area (Å²) in [6, 6.07) is 0. The van der Waals surface area contributed by atoms with Crippen LogP contribution in [-0.4, -0.2) is 62.2 Å². The topological polar surface area (TPSA) is 52.6 Å². The Kier molecular flexibility index (Phi) is 18.7. The van der Waals surface area contributed by atoms with Gasteiger partial charge in [0.25, 0.3) is 0 Å². The highest BCUT2D eigenvalue weighted by atomic mass is 79.9. The lowest BCUT2D eigenvalue weighted by molar-refractivity contribution is -0.873. The van der Waals surface area contributed by atoms with Crippen LogP contribution < -0.4 is 0 Å². The fraction of sp³-hybridized carbons (Fsp3) is 0.917. The molecule has 0 heterocycles. The number of alkyl halides is 1. The first kappa shape index (κ1) is 29.4. The smallest absolute Gasteiger partial charge is 0.309 e. The number of carbonyl (C=O) groups is 2. The largest absolute Gasteiger partial charge is 0.466 e. The number of rotatable bonds is 20. The van der Waals surface area contributed by atoms with Crippen LogP contribution in [0.1, 0.15) is 96.8 Å². The maximum absolute atomic E-state index is 12.3. The van der Waals surface area contributed by atoms with Crippen LogP contribution in [0.4, 0.5) is 0 Å². The molecule has 0 radical (unpaired) electrons. The highest BCUT2D eigenvalue weighted by molar-refractivity contribution is 9.09. The molecule has 0 aromatic carbocycles. The van der Waals surface area contributed by atoms with Crippen LogP contribution in [0.25, 0.3) is 0 Å². The molecule has 0 saturated carbocycles. The summed E-state index contributed by atoms with van der Waals surface area (Å²) in [6.45, 7) is 3.25. The van der Waals surface area contributed by atoms with Crippen molar-refractivity contribution >= 4 is 27.9 Å². The van der Waals surface area contributed by atoms with E-state index in [0.717, 1.165) is 31.0 Å². The molecule has 0 aliphatic carbocycles. The summed E-state index contributed by atoms with van der Waals surface area (Å²) in [6.07, 6.45) is 13.9. The van der Waals surface area contributed by atoms with Gasteiger partial charge in [0.2, 0.25) is 0 Å². The lowest BCUT2D eigenvalue weighted by atomic mass is 10.1. The number of nitrogens with zero attached hydrogens (tertiary/aromatic N) is 1. The van der Waals surface area contributed by atoms with Gasteiger partial charge in [0, 0.05) is 11.8 Å². The van der Waals surface area contributed by atoms with Crippen molar-refractivity contribution in [1.29, 1.82) is 0 Å². The van der Waals surface area contributed by atoms with Gasteiger partial charge in [-0.2, -0.15) is 0 Å². The summed E-state index contributed by atoms with van der Waals surface area (Å²) in [4.78, 5) is 24.5. The molecule has 0 aromatic rings. The van der Waals surface area contributed by atoms with Gasteiger partial charge in [-0.25, -0.2) is 0 Å². The second-order valence-corrected chi connectivity index (χ2v) is 10.1. The van der Waals surface area contributed by atoms with Crippen molar-refractivity contribution in [1.82, 2.24) is 0 Å². The molecule has 178 valence electrons. The standard InChI is InChI=1S/C24H47BrNO4/c1-5-6-7-13-16-19-29-24(28)20-22(21-26(2,3)4)30-23(27)17-14-11-9-8-10-12-15-18-25/h22H,5-21H2,1-4H3/q+1/t22-/m1/s1. The summed E-state index contributed by atoms with van der Waals surface area (Å²) in [5, 5.41) is 1.08. The molecule has 1 atom stereocenters. The van der Waals surface area contributed by atoms with E-state index in [1.54, 1.807) is 0 Å². The first-order valence-electron chi connectivity index (χ1n) is 12.0. The van der Waals surface area contributed by atoms with Crippen molar-refractivity contribution in [3.05, 3.63) is 0 Å². The van der Waals surface area contributed by atoms with E-state index < -0.39 is 6.10 Å². The summed E-state index contributed by atoms with van der Waals surface area (Å²) >= 11 is 3.45. The Balaban J connectivity index is 4.13. The summed E-state index contributed by atoms with van der Waals surface area (Å²) in [7, 11) is 6.11. The lowest BCUT2D eigenvalue weighted by Crippen LogP contribution is -2.44. The molecule has 0 saturated heterocycles. The number of unbranched alkanes of at least 4 members (excludes halogenated alkanes) is 10. The number of quaternary nitrogens is 1. The third-order valence-electron chi connectivity index (χ3n) is 4.97. The summed E-state index contributed by atoms with van der Waals surface area (Å²) in [5.41, 5.74) is 0. The quantitative estimate of drug-likeness (QED) is 0.0900. The monoisotopic (exact) mass is 492 g/mol. The molecule has 0 fully saturated rings. The highest BCUT2D eigenvalue weighted by Gasteiger charge is 2.25. The van der Waals surface area contributed by atoms with Crippen LogP contribution in [0.15, 0.2) is 0 Å². The van der Waals surface area contributed by atoms with Gasteiger partial charge in [0.1, 0.15) is 6.54 Å². The first-order chi connectivity index (χ1) is 14.3. The molecule has 0 unspecified atom stereocenters. The van der Waals surface area contributed by atoms with E-state index in [0.29, 0.717) is 24.1 Å². The first-order valence-corrected chi connectivity index (χ1v) is 13.1. The van der Waals surface area contributed by atoms with Crippen LogP contribution in [-0.2, 0) is 19.1 Å². The van der Waals surface area contributed by atoms with Gasteiger partial charge in [0.05, 0.1) is 34.2 Å². The molecule has 0 N–H and O–H groups in total. The molecular weight excluding hydrogens is 446 g/mol. The highest BCUT2D eigenvalue weighted by Crippen LogP contribution is 2.12. The third kappa shape index (κ3) is 20.6. The molecular formula is C24H47BrNO4+. The number of ether oxygens (including phenoxy) is 2. The Hall–Kier alpha value is -0.620. The average Bonchev–Trinajstić information content (AvgIpc) is 2.65. The molecule has 0 aliphatic rings. The van der Waals surface area contributed by atoms with Crippen molar-refractivity contribution in [3.8, 4) is 0 Å². The molecule has 0 aromatic heterocycles. The average molecular weight is 494 g/mol. The van der Waals surface area contributed by atoms with Crippen LogP contribution in [0.2, 0.25) is 0 Å². The van der Waals surface area contributed by atoms with Crippen LogP contribution in [0, 0.1) is 0 Å². The van der Waals surface area contributed by atoms with Gasteiger partial charge in [-0.15, -0.1) is 0 Å². The summed E-state index contributed by atoms with van der Waals surface area (Å²) < 4.78 is 11.7. The Morgan fingerprint density at radius 3 is 1.97 bits per heavy atom. The number of carbonyl (C=O) groups excluding carboxylic acids is 2. The summed E-state index contributed by atoms with van der Waals surface area (Å²) in [5.74, 6) is -0.458. The van der Waals surface area contributed by atoms with E-state index in [2.05, 4.69) is 22.9 Å². The fourth-order valence-corrected chi connectivity index (χ4v) is 3.78. The molecule has 0 bridgehead atoms. The van der Waals surface area contributed by atoms with Crippen molar-refractivity contribution in [3.63, 3.8) is 0 Å². The molecule has 0 aliphatic heterocycles. The van der Waals surface area contributed by atoms with Crippen molar-refractivity contribution in [2.75, 3.05) is 39.6 Å². The van der Waals surface area contributed by atoms with Crippen LogP contribution in [0.3, 0.4) is 0 Å². The molecule has 0 amide bonds. The number of hydrogen-bond donors (Lipinski definition) is 0. The molecule has 0 spiro atoms. The van der Waals surface area contributed by atoms with E-state index in [1.807, 2.05) is 21.1 Å². The van der Waals surface area contributed by atoms with E-state index in [9.17, 15) is 9.59 Å². The molecule has 30 heavy (non-hydrogen) atoms. The second kappa shape index (κ2) is 19.1. The SMILES string of the molecule is CCCCCCCOC(=O)C[C@H](C[N+](C)(C)C)OC(=O)CCCCCCCCCBr. The maximum atomic E-state index is 12.3. The van der Waals surface area contributed by atoms with Crippen molar-refractivity contribution in [2.45, 2.75) is 103 Å². The molecule has 6 heteroatoms. The number of halogens is 1. The minimum Gasteiger partial charge on any atom is -0.466 e. The molecule has 5 nitrogen and oxygen atoms in total. The van der Waals surface area contributed by atoms with Gasteiger partial charge < -0.3 is 14.0 Å². The fourth-order valence-electron chi connectivity index (χ4n) is 3.38. The van der Waals surface area contributed by atoms with Crippen LogP contribution >= 0.6 is 15.9 Å². The van der Waals surface area contributed by atoms with E-state index >= 15 is 0 Å². The Labute approximate surface area is 194 Å². The van der Waals surface area contributed by atoms with Gasteiger partial charge in [-0.3, -0.25) is 9.59 Å². The zero-order valence-corrected chi connectivity index (χ0v) is 21.6. The van der Waals surface area contributed by atoms with Gasteiger partial charge in [0.15, 0.2) is 6.10 Å². The predicted molar refractivity (Wildman–Crippen MR) is 128 cm³/mol. The van der Waals surface area contributed by atoms with E-state index in [4.69, 9.17) is 9.47 Å². The third-order valence-corrected chi connectivity index (χ3v) is 5.53. The zero-order chi connectivity index (χ0) is 22.7. The van der Waals surface area contributed by atoms with Gasteiger partial charge in [-0.1, -0.05) is 80.6 Å². The Morgan fingerprint density at radius 1 is 0.800 bits per heavy atom. The zero-order valence-electron chi connectivity index (χ0n) is 20.1. The Morgan fingerprint density at radius 2 is 1.37 bits per heavy atom. The Bertz CT molecular complexity index is 437. The maximum Gasteiger partial charge on any atom is 0.309 e. The number of esters is 2. The lowest BCUT2D eigenvalue weighted by Gasteiger charge is -2.28. The molecule has 0 rings (SSSR count). The van der Waals surface area contributed by atoms with Crippen molar-refractivity contribution < 1.29 is 23.5 Å². The van der Waals surface area contributed by atoms with E-state index in [-0.39, 0.29) is 18.4 Å². The van der Waals surface area contributed by atoms with E-state index in [1.165, 1.54) is 51.4 Å². The van der Waals surface area contributed by atoms with Gasteiger partial charge >= 0.3 is 11.9 Å². The van der Waals surface area contributed by atoms with Crippen LogP contribution in [0.5, 0.6) is 0 Å². The van der Waals surface area contributed by atoms with Gasteiger partial charge in [-0.05, 0) is 19.3 Å². The normalized spacial score (nSPS) is 12.6. The number of hydrogen-bond acceptors (Lipinski definition) is 4. The predicted octanol–water partition coefficient (Wildman–Crippen LogP) is 6.02.